The zero-order chi connectivity index (χ0) is 46.7. The third-order valence-corrected chi connectivity index (χ3v) is 5.64. The van der Waals surface area contributed by atoms with E-state index in [0.29, 0.717) is 0 Å². The van der Waals surface area contributed by atoms with Crippen LogP contribution in [0.3, 0.4) is 0 Å². The normalized spacial score (nSPS) is 7.02. The van der Waals surface area contributed by atoms with E-state index in [2.05, 4.69) is 114 Å². The summed E-state index contributed by atoms with van der Waals surface area (Å²) in [6, 6.07) is 61.6. The van der Waals surface area contributed by atoms with Crippen LogP contribution in [0.5, 0.6) is 0 Å². The van der Waals surface area contributed by atoms with Crippen LogP contribution in [0.1, 0.15) is 152 Å². The maximum absolute atomic E-state index is 2.08. The molecule has 6 aromatic rings. The average molecular weight is 809 g/mol. The molecule has 6 rings (SSSR count). The summed E-state index contributed by atoms with van der Waals surface area (Å²) in [5, 5.41) is 0. The first-order valence-corrected chi connectivity index (χ1v) is 22.5. The summed E-state index contributed by atoms with van der Waals surface area (Å²) in [7, 11) is 0. The molecule has 0 fully saturated rings. The van der Waals surface area contributed by atoms with Gasteiger partial charge in [0.25, 0.3) is 0 Å². The molecular weight excluding hydrogens is 709 g/mol. The van der Waals surface area contributed by atoms with Gasteiger partial charge in [-0.3, -0.25) is 0 Å². The summed E-state index contributed by atoms with van der Waals surface area (Å²) in [4.78, 5) is 0. The maximum atomic E-state index is 2.08. The quantitative estimate of drug-likeness (QED) is 0.143. The molecule has 0 bridgehead atoms. The first-order chi connectivity index (χ1) is 28.4. The Labute approximate surface area is 373 Å². The summed E-state index contributed by atoms with van der Waals surface area (Å²) < 4.78 is 0. The molecule has 0 nitrogen and oxygen atoms in total. The third kappa shape index (κ3) is 74.8. The van der Waals surface area contributed by atoms with Gasteiger partial charge < -0.3 is 0 Å². The van der Waals surface area contributed by atoms with E-state index >= 15 is 0 Å². The van der Waals surface area contributed by atoms with Crippen molar-refractivity contribution in [2.75, 3.05) is 0 Å². The van der Waals surface area contributed by atoms with E-state index in [4.69, 9.17) is 0 Å². The van der Waals surface area contributed by atoms with Gasteiger partial charge in [-0.05, 0) is 41.5 Å². The van der Waals surface area contributed by atoms with Crippen LogP contribution < -0.4 is 0 Å². The highest BCUT2D eigenvalue weighted by Crippen LogP contribution is 1.95. The molecular formula is C59H100. The van der Waals surface area contributed by atoms with Crippen molar-refractivity contribution in [1.29, 1.82) is 0 Å². The van der Waals surface area contributed by atoms with E-state index < -0.39 is 0 Å². The van der Waals surface area contributed by atoms with E-state index in [1.165, 1.54) is 33.4 Å². The molecule has 59 heavy (non-hydrogen) atoms. The highest BCUT2D eigenvalue weighted by Gasteiger charge is 1.75. The van der Waals surface area contributed by atoms with Crippen LogP contribution >= 0.6 is 0 Å². The maximum Gasteiger partial charge on any atom is -0.0398 e. The minimum Gasteiger partial charge on any atom is -0.0776 e. The lowest BCUT2D eigenvalue weighted by atomic mass is 10.2. The van der Waals surface area contributed by atoms with Crippen LogP contribution in [0.2, 0.25) is 0 Å². The van der Waals surface area contributed by atoms with Crippen molar-refractivity contribution in [3.05, 3.63) is 215 Å². The van der Waals surface area contributed by atoms with Crippen LogP contribution in [0.15, 0.2) is 182 Å². The predicted octanol–water partition coefficient (Wildman–Crippen LogP) is 20.8. The van der Waals surface area contributed by atoms with Gasteiger partial charge in [-0.2, -0.15) is 0 Å². The molecule has 0 heterocycles. The Balaban J connectivity index is -0.0000000677. The fourth-order valence-corrected chi connectivity index (χ4v) is 3.21. The highest BCUT2D eigenvalue weighted by molar-refractivity contribution is 5.14. The Morgan fingerprint density at radius 2 is 0.220 bits per heavy atom. The van der Waals surface area contributed by atoms with Crippen LogP contribution in [0.25, 0.3) is 0 Å². The van der Waals surface area contributed by atoms with E-state index in [1.807, 2.05) is 220 Å². The molecule has 0 heteroatoms. The third-order valence-electron chi connectivity index (χ3n) is 5.64. The largest absolute Gasteiger partial charge is 0.0776 e. The molecule has 0 unspecified atom stereocenters. The molecule has 0 aliphatic carbocycles. The van der Waals surface area contributed by atoms with E-state index in [9.17, 15) is 0 Å². The van der Waals surface area contributed by atoms with Crippen molar-refractivity contribution in [3.8, 4) is 0 Å². The molecule has 0 aliphatic rings. The topological polar surface area (TPSA) is 0 Å². The SMILES string of the molecule is C.CC.CC.CC.CC.CC.CC.CC.CC.Cc1ccccc1.Cc1ccccc1.Cc1ccccc1.Cc1ccccc1.Cc1ccccc1.Cc1ccccc1. The van der Waals surface area contributed by atoms with Gasteiger partial charge in [-0.15, -0.1) is 0 Å². The van der Waals surface area contributed by atoms with E-state index in [1.54, 1.807) is 0 Å². The second-order valence-corrected chi connectivity index (χ2v) is 9.93. The summed E-state index contributed by atoms with van der Waals surface area (Å²) in [5.74, 6) is 0. The second-order valence-electron chi connectivity index (χ2n) is 9.93. The van der Waals surface area contributed by atoms with Crippen LogP contribution in [-0.4, -0.2) is 0 Å². The van der Waals surface area contributed by atoms with Crippen LogP contribution in [-0.2, 0) is 0 Å². The van der Waals surface area contributed by atoms with Gasteiger partial charge in [-0.25, -0.2) is 0 Å². The Hall–Kier alpha value is -4.68. The lowest BCUT2D eigenvalue weighted by Gasteiger charge is -1.82. The average Bonchev–Trinajstić information content (AvgIpc) is 3.32. The fraction of sp³-hybridized carbons (Fsp3) is 0.390. The van der Waals surface area contributed by atoms with Crippen molar-refractivity contribution in [3.63, 3.8) is 0 Å². The molecule has 0 atom stereocenters. The monoisotopic (exact) mass is 809 g/mol. The molecule has 336 valence electrons. The van der Waals surface area contributed by atoms with Gasteiger partial charge in [0.05, 0.1) is 0 Å². The Kier molecular flexibility index (Phi) is 99.1. The van der Waals surface area contributed by atoms with Gasteiger partial charge in [0, 0.05) is 0 Å². The Morgan fingerprint density at radius 1 is 0.153 bits per heavy atom. The number of hydrogen-bond acceptors (Lipinski definition) is 0. The lowest BCUT2D eigenvalue weighted by molar-refractivity contribution is 1.48. The number of hydrogen-bond donors (Lipinski definition) is 0. The van der Waals surface area contributed by atoms with E-state index in [0.717, 1.165) is 0 Å². The standard InChI is InChI=1S/6C7H8.8C2H6.CH4/c6*1-7-5-3-2-4-6-7;8*1-2;/h6*2-6H,1H3;8*1-2H3;1H4. The van der Waals surface area contributed by atoms with Gasteiger partial charge in [-0.1, -0.05) is 334 Å². The highest BCUT2D eigenvalue weighted by atomic mass is 13.8. The van der Waals surface area contributed by atoms with Gasteiger partial charge in [0.15, 0.2) is 0 Å². The minimum atomic E-state index is 0. The molecule has 0 N–H and O–H groups in total. The minimum absolute atomic E-state index is 0. The van der Waals surface area contributed by atoms with Crippen molar-refractivity contribution in [2.24, 2.45) is 0 Å². The number of rotatable bonds is 0. The predicted molar refractivity (Wildman–Crippen MR) is 285 cm³/mol. The Morgan fingerprint density at radius 3 is 0.254 bits per heavy atom. The van der Waals surface area contributed by atoms with Crippen LogP contribution in [0, 0.1) is 41.5 Å². The second kappa shape index (κ2) is 77.8. The number of benzene rings is 6. The van der Waals surface area contributed by atoms with Crippen molar-refractivity contribution in [2.45, 2.75) is 160 Å². The molecule has 6 aromatic carbocycles. The molecule has 0 amide bonds. The molecule has 0 aromatic heterocycles. The van der Waals surface area contributed by atoms with Gasteiger partial charge in [0.2, 0.25) is 0 Å². The zero-order valence-corrected chi connectivity index (χ0v) is 42.3. The summed E-state index contributed by atoms with van der Waals surface area (Å²) in [6.45, 7) is 44.5. The van der Waals surface area contributed by atoms with Crippen molar-refractivity contribution >= 4 is 0 Å². The lowest BCUT2D eigenvalue weighted by Crippen LogP contribution is -1.62. The first kappa shape index (κ1) is 75.2. The molecule has 0 aliphatic heterocycles. The van der Waals surface area contributed by atoms with E-state index in [-0.39, 0.29) is 7.43 Å². The van der Waals surface area contributed by atoms with Gasteiger partial charge >= 0.3 is 0 Å². The van der Waals surface area contributed by atoms with Gasteiger partial charge in [0.1, 0.15) is 0 Å². The molecule has 0 saturated carbocycles. The number of aryl methyl sites for hydroxylation is 6. The molecule has 0 saturated heterocycles. The smallest absolute Gasteiger partial charge is 0.0398 e. The van der Waals surface area contributed by atoms with Crippen molar-refractivity contribution in [1.82, 2.24) is 0 Å². The molecule has 0 radical (unpaired) electrons. The summed E-state index contributed by atoms with van der Waals surface area (Å²) in [6.07, 6.45) is 0. The molecule has 0 spiro atoms. The fourth-order valence-electron chi connectivity index (χ4n) is 3.21. The first-order valence-electron chi connectivity index (χ1n) is 22.5. The zero-order valence-electron chi connectivity index (χ0n) is 42.3. The van der Waals surface area contributed by atoms with Crippen LogP contribution in [0.4, 0.5) is 0 Å². The Bertz CT molecular complexity index is 1070. The van der Waals surface area contributed by atoms with Crippen molar-refractivity contribution < 1.29 is 0 Å². The summed E-state index contributed by atoms with van der Waals surface area (Å²) >= 11 is 0. The summed E-state index contributed by atoms with van der Waals surface area (Å²) in [5.41, 5.74) is 7.93.